The number of anilines is 2. The molecule has 7 nitrogen and oxygen atoms in total. The van der Waals surface area contributed by atoms with E-state index in [4.69, 9.17) is 14.2 Å². The molecule has 1 saturated carbocycles. The second-order valence-electron chi connectivity index (χ2n) is 7.19. The highest BCUT2D eigenvalue weighted by Gasteiger charge is 2.36. The Labute approximate surface area is 169 Å². The lowest BCUT2D eigenvalue weighted by Crippen LogP contribution is -2.30. The Hall–Kier alpha value is -3.22. The minimum atomic E-state index is -0.333. The molecule has 0 bridgehead atoms. The first kappa shape index (κ1) is 19.1. The summed E-state index contributed by atoms with van der Waals surface area (Å²) in [6.07, 6.45) is 2.78. The highest BCUT2D eigenvalue weighted by molar-refractivity contribution is 6.07. The van der Waals surface area contributed by atoms with Crippen LogP contribution in [-0.4, -0.2) is 39.7 Å². The lowest BCUT2D eigenvalue weighted by molar-refractivity contribution is -0.119. The Morgan fingerprint density at radius 1 is 1.00 bits per heavy atom. The van der Waals surface area contributed by atoms with Gasteiger partial charge in [-0.05, 0) is 49.1 Å². The van der Waals surface area contributed by atoms with E-state index in [1.807, 2.05) is 23.1 Å². The van der Waals surface area contributed by atoms with Crippen LogP contribution in [0.2, 0.25) is 0 Å². The molecule has 0 spiro atoms. The molecule has 0 radical (unpaired) electrons. The number of rotatable bonds is 6. The molecule has 2 amide bonds. The van der Waals surface area contributed by atoms with Crippen LogP contribution < -0.4 is 24.4 Å². The average molecular weight is 396 g/mol. The summed E-state index contributed by atoms with van der Waals surface area (Å²) in [6, 6.07) is 8.99. The van der Waals surface area contributed by atoms with Crippen LogP contribution in [0.4, 0.5) is 11.4 Å². The van der Waals surface area contributed by atoms with Crippen LogP contribution in [0.5, 0.6) is 17.2 Å². The fraction of sp³-hybridized carbons (Fsp3) is 0.364. The zero-order chi connectivity index (χ0) is 20.5. The molecular weight excluding hydrogens is 372 g/mol. The van der Waals surface area contributed by atoms with Crippen molar-refractivity contribution in [2.75, 3.05) is 38.1 Å². The number of hydrogen-bond donors (Lipinski definition) is 1. The first-order valence-corrected chi connectivity index (χ1v) is 9.62. The van der Waals surface area contributed by atoms with Gasteiger partial charge < -0.3 is 24.4 Å². The number of nitrogens with one attached hydrogen (secondary N) is 1. The van der Waals surface area contributed by atoms with Crippen molar-refractivity contribution in [2.45, 2.75) is 19.3 Å². The smallest absolute Gasteiger partial charge is 0.259 e. The van der Waals surface area contributed by atoms with Gasteiger partial charge in [0.25, 0.3) is 5.91 Å². The zero-order valence-electron chi connectivity index (χ0n) is 16.8. The molecule has 1 aliphatic heterocycles. The van der Waals surface area contributed by atoms with Crippen molar-refractivity contribution in [3.8, 4) is 17.2 Å². The van der Waals surface area contributed by atoms with Crippen molar-refractivity contribution in [3.05, 3.63) is 41.5 Å². The van der Waals surface area contributed by atoms with Crippen molar-refractivity contribution < 1.29 is 23.8 Å². The normalized spacial score (nSPS) is 14.9. The quantitative estimate of drug-likeness (QED) is 0.811. The minimum Gasteiger partial charge on any atom is -0.493 e. The maximum atomic E-state index is 12.9. The third-order valence-electron chi connectivity index (χ3n) is 5.38. The van der Waals surface area contributed by atoms with E-state index in [-0.39, 0.29) is 17.7 Å². The van der Waals surface area contributed by atoms with E-state index in [0.29, 0.717) is 35.0 Å². The monoisotopic (exact) mass is 396 g/mol. The number of carbonyl (C=O) groups excluding carboxylic acids is 2. The Morgan fingerprint density at radius 2 is 1.76 bits per heavy atom. The minimum absolute atomic E-state index is 0.162. The predicted octanol–water partition coefficient (Wildman–Crippen LogP) is 3.26. The Bertz CT molecular complexity index is 968. The number of carbonyl (C=O) groups is 2. The molecule has 2 aromatic rings. The SMILES string of the molecule is COc1ccc(C(=O)Nc2ccc3c(c2)N(C(=O)C2CC2)CC3)c(OC)c1OC. The summed E-state index contributed by atoms with van der Waals surface area (Å²) in [6.45, 7) is 0.700. The van der Waals surface area contributed by atoms with Crippen LogP contribution in [0, 0.1) is 5.92 Å². The number of benzene rings is 2. The standard InChI is InChI=1S/C22H24N2O5/c1-27-18-9-8-16(19(28-2)20(18)29-3)21(25)23-15-7-6-13-10-11-24(17(13)12-15)22(26)14-4-5-14/h6-9,12,14H,4-5,10-11H2,1-3H3,(H,23,25). The molecule has 1 N–H and O–H groups in total. The molecular formula is C22H24N2O5. The Morgan fingerprint density at radius 3 is 2.41 bits per heavy atom. The predicted molar refractivity (Wildman–Crippen MR) is 109 cm³/mol. The summed E-state index contributed by atoms with van der Waals surface area (Å²) < 4.78 is 16.0. The fourth-order valence-corrected chi connectivity index (χ4v) is 3.72. The van der Waals surface area contributed by atoms with Gasteiger partial charge in [0, 0.05) is 23.8 Å². The van der Waals surface area contributed by atoms with E-state index < -0.39 is 0 Å². The van der Waals surface area contributed by atoms with Crippen LogP contribution in [0.3, 0.4) is 0 Å². The van der Waals surface area contributed by atoms with E-state index >= 15 is 0 Å². The summed E-state index contributed by atoms with van der Waals surface area (Å²) in [5.41, 5.74) is 2.97. The first-order valence-electron chi connectivity index (χ1n) is 9.62. The lowest BCUT2D eigenvalue weighted by atomic mass is 10.1. The van der Waals surface area contributed by atoms with Gasteiger partial charge in [0.05, 0.1) is 26.9 Å². The average Bonchev–Trinajstić information content (AvgIpc) is 3.51. The van der Waals surface area contributed by atoms with Crippen molar-refractivity contribution in [2.24, 2.45) is 5.92 Å². The van der Waals surface area contributed by atoms with Gasteiger partial charge in [0.2, 0.25) is 11.7 Å². The number of methoxy groups -OCH3 is 3. The van der Waals surface area contributed by atoms with Gasteiger partial charge in [0.1, 0.15) is 0 Å². The highest BCUT2D eigenvalue weighted by atomic mass is 16.5. The lowest BCUT2D eigenvalue weighted by Gasteiger charge is -2.18. The molecule has 0 atom stereocenters. The van der Waals surface area contributed by atoms with Crippen LogP contribution in [-0.2, 0) is 11.2 Å². The number of nitrogens with zero attached hydrogens (tertiary/aromatic N) is 1. The van der Waals surface area contributed by atoms with Crippen LogP contribution >= 0.6 is 0 Å². The van der Waals surface area contributed by atoms with Crippen LogP contribution in [0.25, 0.3) is 0 Å². The molecule has 7 heteroatoms. The largest absolute Gasteiger partial charge is 0.493 e. The summed E-state index contributed by atoms with van der Waals surface area (Å²) in [5, 5.41) is 2.90. The number of amides is 2. The summed E-state index contributed by atoms with van der Waals surface area (Å²) in [7, 11) is 4.50. The fourth-order valence-electron chi connectivity index (χ4n) is 3.72. The number of hydrogen-bond acceptors (Lipinski definition) is 5. The highest BCUT2D eigenvalue weighted by Crippen LogP contribution is 2.40. The molecule has 2 aromatic carbocycles. The van der Waals surface area contributed by atoms with E-state index in [9.17, 15) is 9.59 Å². The van der Waals surface area contributed by atoms with Gasteiger partial charge in [-0.3, -0.25) is 9.59 Å². The van der Waals surface area contributed by atoms with Gasteiger partial charge >= 0.3 is 0 Å². The van der Waals surface area contributed by atoms with E-state index in [1.165, 1.54) is 21.3 Å². The van der Waals surface area contributed by atoms with E-state index in [1.54, 1.807) is 12.1 Å². The summed E-state index contributed by atoms with van der Waals surface area (Å²) >= 11 is 0. The third kappa shape index (κ3) is 3.48. The maximum Gasteiger partial charge on any atom is 0.259 e. The van der Waals surface area contributed by atoms with Crippen molar-refractivity contribution in [1.29, 1.82) is 0 Å². The van der Waals surface area contributed by atoms with Crippen LogP contribution in [0.1, 0.15) is 28.8 Å². The molecule has 0 unspecified atom stereocenters. The second-order valence-corrected chi connectivity index (χ2v) is 7.19. The first-order chi connectivity index (χ1) is 14.1. The number of ether oxygens (including phenoxy) is 3. The molecule has 1 fully saturated rings. The molecule has 29 heavy (non-hydrogen) atoms. The molecule has 0 saturated heterocycles. The van der Waals surface area contributed by atoms with Gasteiger partial charge in [-0.25, -0.2) is 0 Å². The van der Waals surface area contributed by atoms with Gasteiger partial charge in [-0.15, -0.1) is 0 Å². The summed E-state index contributed by atoms with van der Waals surface area (Å²) in [5.74, 6) is 1.16. The van der Waals surface area contributed by atoms with Gasteiger partial charge in [-0.2, -0.15) is 0 Å². The van der Waals surface area contributed by atoms with E-state index in [2.05, 4.69) is 5.32 Å². The van der Waals surface area contributed by atoms with Crippen molar-refractivity contribution in [1.82, 2.24) is 0 Å². The number of fused-ring (bicyclic) bond motifs is 1. The second kappa shape index (κ2) is 7.66. The van der Waals surface area contributed by atoms with Gasteiger partial charge in [0.15, 0.2) is 11.5 Å². The third-order valence-corrected chi connectivity index (χ3v) is 5.38. The summed E-state index contributed by atoms with van der Waals surface area (Å²) in [4.78, 5) is 27.3. The maximum absolute atomic E-state index is 12.9. The Balaban J connectivity index is 1.60. The topological polar surface area (TPSA) is 77.1 Å². The van der Waals surface area contributed by atoms with Crippen molar-refractivity contribution >= 4 is 23.2 Å². The zero-order valence-corrected chi connectivity index (χ0v) is 16.8. The molecule has 2 aliphatic rings. The van der Waals surface area contributed by atoms with Crippen LogP contribution in [0.15, 0.2) is 30.3 Å². The Kier molecular flexibility index (Phi) is 5.05. The molecule has 1 aliphatic carbocycles. The molecule has 152 valence electrons. The molecule has 0 aromatic heterocycles. The molecule has 4 rings (SSSR count). The van der Waals surface area contributed by atoms with Crippen molar-refractivity contribution in [3.63, 3.8) is 0 Å². The molecule has 1 heterocycles. The van der Waals surface area contributed by atoms with Gasteiger partial charge in [-0.1, -0.05) is 6.07 Å². The van der Waals surface area contributed by atoms with E-state index in [0.717, 1.165) is 30.5 Å².